The number of hydrazone groups is 1. The van der Waals surface area contributed by atoms with Crippen molar-refractivity contribution in [2.45, 2.75) is 12.4 Å². The summed E-state index contributed by atoms with van der Waals surface area (Å²) >= 11 is 0. The minimum atomic E-state index is -4.49. The molecule has 0 aliphatic carbocycles. The summed E-state index contributed by atoms with van der Waals surface area (Å²) < 4.78 is 75.7. The molecule has 12 heteroatoms. The van der Waals surface area contributed by atoms with Gasteiger partial charge in [0.1, 0.15) is 6.07 Å². The van der Waals surface area contributed by atoms with E-state index in [2.05, 4.69) is 48.9 Å². The lowest BCUT2D eigenvalue weighted by atomic mass is 10.2. The predicted octanol–water partition coefficient (Wildman–Crippen LogP) is 6.08. The highest BCUT2D eigenvalue weighted by molar-refractivity contribution is 5.97. The van der Waals surface area contributed by atoms with Gasteiger partial charge in [0, 0.05) is 0 Å². The Morgan fingerprint density at radius 3 is 1.59 bits per heavy atom. The maximum absolute atomic E-state index is 12.5. The molecule has 0 heterocycles. The van der Waals surface area contributed by atoms with E-state index in [9.17, 15) is 26.3 Å². The topological polar surface area (TPSA) is 72.9 Å². The Labute approximate surface area is 181 Å². The Morgan fingerprint density at radius 2 is 1.22 bits per heavy atom. The van der Waals surface area contributed by atoms with Gasteiger partial charge in [0.2, 0.25) is 0 Å². The quantitative estimate of drug-likeness (QED) is 0.151. The molecule has 172 valence electrons. The summed E-state index contributed by atoms with van der Waals surface area (Å²) in [6.07, 6.45) is -8.96. The summed E-state index contributed by atoms with van der Waals surface area (Å²) in [6.45, 7) is 0. The minimum Gasteiger partial charge on any atom is -0.333 e. The van der Waals surface area contributed by atoms with E-state index < -0.39 is 29.3 Å². The average molecular weight is 459 g/mol. The molecule has 1 N–H and O–H groups in total. The molecule has 32 heavy (non-hydrogen) atoms. The maximum Gasteiger partial charge on any atom is 0.416 e. The first kappa shape index (κ1) is 26.6. The SMILES string of the molecule is C[N+](C)(C)C.N#CC(/N=N/c1ccc(C(F)(F)F)cc1)=N\Nc1ccc(C(F)(F)F)cc1. The summed E-state index contributed by atoms with van der Waals surface area (Å²) in [4.78, 5) is 0. The van der Waals surface area contributed by atoms with Crippen molar-refractivity contribution < 1.29 is 30.8 Å². The number of alkyl halides is 6. The van der Waals surface area contributed by atoms with Crippen LogP contribution in [0.15, 0.2) is 63.9 Å². The van der Waals surface area contributed by atoms with Crippen molar-refractivity contribution in [2.24, 2.45) is 15.3 Å². The Hall–Kier alpha value is -3.46. The van der Waals surface area contributed by atoms with Crippen molar-refractivity contribution in [1.29, 1.82) is 5.26 Å². The number of rotatable bonds is 3. The predicted molar refractivity (Wildman–Crippen MR) is 108 cm³/mol. The van der Waals surface area contributed by atoms with Crippen LogP contribution in [0.3, 0.4) is 0 Å². The fourth-order valence-electron chi connectivity index (χ4n) is 1.74. The van der Waals surface area contributed by atoms with Crippen LogP contribution in [0.2, 0.25) is 0 Å². The van der Waals surface area contributed by atoms with E-state index in [-0.39, 0.29) is 11.4 Å². The van der Waals surface area contributed by atoms with Gasteiger partial charge in [-0.15, -0.1) is 15.3 Å². The molecule has 0 fully saturated rings. The molecule has 2 aromatic carbocycles. The zero-order chi connectivity index (χ0) is 24.6. The number of amidine groups is 1. The van der Waals surface area contributed by atoms with Crippen molar-refractivity contribution in [3.63, 3.8) is 0 Å². The maximum atomic E-state index is 12.5. The van der Waals surface area contributed by atoms with Crippen LogP contribution < -0.4 is 5.43 Å². The Kier molecular flexibility index (Phi) is 8.90. The van der Waals surface area contributed by atoms with Gasteiger partial charge in [-0.05, 0) is 48.5 Å². The van der Waals surface area contributed by atoms with Crippen molar-refractivity contribution in [2.75, 3.05) is 33.6 Å². The van der Waals surface area contributed by atoms with Crippen LogP contribution in [-0.4, -0.2) is 38.5 Å². The molecule has 2 aromatic rings. The van der Waals surface area contributed by atoms with Crippen LogP contribution >= 0.6 is 0 Å². The first-order valence-corrected chi connectivity index (χ1v) is 8.88. The van der Waals surface area contributed by atoms with E-state index in [0.717, 1.165) is 53.0 Å². The van der Waals surface area contributed by atoms with E-state index >= 15 is 0 Å². The van der Waals surface area contributed by atoms with Gasteiger partial charge in [-0.2, -0.15) is 31.6 Å². The van der Waals surface area contributed by atoms with Crippen LogP contribution in [-0.2, 0) is 12.4 Å². The molecule has 0 unspecified atom stereocenters. The number of nitrogens with one attached hydrogen (secondary N) is 1. The highest BCUT2D eigenvalue weighted by Crippen LogP contribution is 2.31. The fourth-order valence-corrected chi connectivity index (χ4v) is 1.74. The highest BCUT2D eigenvalue weighted by Gasteiger charge is 2.30. The molecular weight excluding hydrogens is 438 g/mol. The van der Waals surface area contributed by atoms with Gasteiger partial charge in [0.25, 0.3) is 5.84 Å². The van der Waals surface area contributed by atoms with Gasteiger partial charge >= 0.3 is 12.4 Å². The lowest BCUT2D eigenvalue weighted by Crippen LogP contribution is -2.27. The van der Waals surface area contributed by atoms with Crippen LogP contribution in [0.5, 0.6) is 0 Å². The molecule has 0 radical (unpaired) electrons. The Morgan fingerprint density at radius 1 is 0.812 bits per heavy atom. The van der Waals surface area contributed by atoms with Crippen molar-refractivity contribution in [3.05, 3.63) is 59.7 Å². The molecule has 0 atom stereocenters. The van der Waals surface area contributed by atoms with E-state index in [1.807, 2.05) is 0 Å². The van der Waals surface area contributed by atoms with Crippen LogP contribution in [0, 0.1) is 11.3 Å². The molecule has 6 nitrogen and oxygen atoms in total. The number of quaternary nitrogens is 1. The summed E-state index contributed by atoms with van der Waals surface area (Å²) in [6, 6.07) is 9.17. The first-order chi connectivity index (χ1) is 14.6. The number of halogens is 6. The zero-order valence-corrected chi connectivity index (χ0v) is 17.6. The molecule has 0 bridgehead atoms. The van der Waals surface area contributed by atoms with Gasteiger partial charge < -0.3 is 4.48 Å². The summed E-state index contributed by atoms with van der Waals surface area (Å²) in [5.74, 6) is -0.477. The highest BCUT2D eigenvalue weighted by atomic mass is 19.4. The third-order valence-corrected chi connectivity index (χ3v) is 3.06. The molecule has 0 aliphatic heterocycles. The number of nitriles is 1. The van der Waals surface area contributed by atoms with Crippen molar-refractivity contribution in [1.82, 2.24) is 0 Å². The standard InChI is InChI=1S/C16H9F6N5.C4H12N/c17-15(18,19)10-1-5-12(6-2-10)24-26-14(9-23)27-25-13-7-3-11(4-8-13)16(20,21)22;1-5(2,3)4/h1-8,24H;1-4H3/q;+1/b26-14+,27-25+;. The van der Waals surface area contributed by atoms with E-state index in [1.54, 1.807) is 6.07 Å². The van der Waals surface area contributed by atoms with Gasteiger partial charge in [-0.3, -0.25) is 5.43 Å². The molecule has 0 amide bonds. The number of azo groups is 1. The smallest absolute Gasteiger partial charge is 0.333 e. The number of anilines is 1. The zero-order valence-electron chi connectivity index (χ0n) is 17.6. The Bertz CT molecular complexity index is 957. The molecule has 0 saturated carbocycles. The molecule has 0 saturated heterocycles. The second kappa shape index (κ2) is 10.7. The monoisotopic (exact) mass is 459 g/mol. The normalized spacial score (nSPS) is 12.7. The number of hydrogen-bond donors (Lipinski definition) is 1. The average Bonchev–Trinajstić information content (AvgIpc) is 2.66. The Balaban J connectivity index is 0.000000920. The molecular formula is C20H21F6N6+. The molecule has 0 aromatic heterocycles. The minimum absolute atomic E-state index is 0.0560. The van der Waals surface area contributed by atoms with Gasteiger partial charge in [0.05, 0.1) is 50.7 Å². The molecule has 0 aliphatic rings. The van der Waals surface area contributed by atoms with Crippen molar-refractivity contribution >= 4 is 17.2 Å². The third-order valence-electron chi connectivity index (χ3n) is 3.06. The fraction of sp³-hybridized carbons (Fsp3) is 0.300. The van der Waals surface area contributed by atoms with Gasteiger partial charge in [0.15, 0.2) is 0 Å². The van der Waals surface area contributed by atoms with E-state index in [0.29, 0.717) is 0 Å². The van der Waals surface area contributed by atoms with Crippen LogP contribution in [0.1, 0.15) is 11.1 Å². The number of benzene rings is 2. The lowest BCUT2D eigenvalue weighted by Gasteiger charge is -2.14. The van der Waals surface area contributed by atoms with Gasteiger partial charge in [-0.25, -0.2) is 0 Å². The molecule has 0 spiro atoms. The summed E-state index contributed by atoms with van der Waals surface area (Å²) in [5, 5.41) is 19.5. The number of hydrogen-bond acceptors (Lipinski definition) is 4. The van der Waals surface area contributed by atoms with Gasteiger partial charge in [-0.1, -0.05) is 0 Å². The summed E-state index contributed by atoms with van der Waals surface area (Å²) in [7, 11) is 8.50. The first-order valence-electron chi connectivity index (χ1n) is 8.88. The second-order valence-electron chi connectivity index (χ2n) is 7.66. The van der Waals surface area contributed by atoms with Crippen molar-refractivity contribution in [3.8, 4) is 6.07 Å². The lowest BCUT2D eigenvalue weighted by molar-refractivity contribution is -0.849. The number of nitrogens with zero attached hydrogens (tertiary/aromatic N) is 5. The largest absolute Gasteiger partial charge is 0.416 e. The van der Waals surface area contributed by atoms with E-state index in [4.69, 9.17) is 5.26 Å². The molecule has 2 rings (SSSR count). The van der Waals surface area contributed by atoms with Crippen LogP contribution in [0.4, 0.5) is 37.7 Å². The van der Waals surface area contributed by atoms with E-state index in [1.165, 1.54) is 0 Å². The second-order valence-corrected chi connectivity index (χ2v) is 7.66. The third kappa shape index (κ3) is 10.5. The van der Waals surface area contributed by atoms with Crippen LogP contribution in [0.25, 0.3) is 0 Å². The summed E-state index contributed by atoms with van der Waals surface area (Å²) in [5.41, 5.74) is 0.849.